The van der Waals surface area contributed by atoms with Gasteiger partial charge in [0.15, 0.2) is 0 Å². The Balaban J connectivity index is 2.17. The molecule has 0 spiro atoms. The fourth-order valence-corrected chi connectivity index (χ4v) is 3.86. The van der Waals surface area contributed by atoms with Crippen LogP contribution in [0.15, 0.2) is 21.5 Å². The minimum absolute atomic E-state index is 0.0687. The predicted molar refractivity (Wildman–Crippen MR) is 80.3 cm³/mol. The van der Waals surface area contributed by atoms with Crippen LogP contribution < -0.4 is 10.5 Å². The topological polar surface area (TPSA) is 72.2 Å². The molecule has 0 amide bonds. The molecule has 7 heteroatoms. The van der Waals surface area contributed by atoms with Crippen LogP contribution >= 0.6 is 15.9 Å². The van der Waals surface area contributed by atoms with Crippen LogP contribution in [0.1, 0.15) is 32.6 Å². The minimum atomic E-state index is -3.87. The molecule has 0 bridgehead atoms. The van der Waals surface area contributed by atoms with Gasteiger partial charge in [0, 0.05) is 16.7 Å². The van der Waals surface area contributed by atoms with Crippen molar-refractivity contribution in [1.29, 1.82) is 0 Å². The third kappa shape index (κ3) is 3.32. The molecule has 1 saturated carbocycles. The highest BCUT2D eigenvalue weighted by molar-refractivity contribution is 9.10. The number of hydrogen-bond donors (Lipinski definition) is 2. The minimum Gasteiger partial charge on any atom is -0.398 e. The van der Waals surface area contributed by atoms with Crippen molar-refractivity contribution in [3.05, 3.63) is 22.4 Å². The largest absolute Gasteiger partial charge is 0.398 e. The number of anilines is 1. The van der Waals surface area contributed by atoms with Crippen molar-refractivity contribution in [2.45, 2.75) is 37.5 Å². The Morgan fingerprint density at radius 3 is 2.65 bits per heavy atom. The molecule has 1 aliphatic carbocycles. The number of nitrogens with two attached hydrogens (primary N) is 1. The monoisotopic (exact) mass is 364 g/mol. The Morgan fingerprint density at radius 2 is 2.10 bits per heavy atom. The average molecular weight is 365 g/mol. The summed E-state index contributed by atoms with van der Waals surface area (Å²) in [6.45, 7) is 2.43. The van der Waals surface area contributed by atoms with E-state index in [-0.39, 0.29) is 11.1 Å². The van der Waals surface area contributed by atoms with Crippen molar-refractivity contribution in [2.24, 2.45) is 5.41 Å². The number of nitrogen functional groups attached to an aromatic ring is 1. The molecule has 4 nitrogen and oxygen atoms in total. The summed E-state index contributed by atoms with van der Waals surface area (Å²) in [5, 5.41) is 0. The lowest BCUT2D eigenvalue weighted by Gasteiger charge is -2.15. The molecule has 0 aromatic heterocycles. The van der Waals surface area contributed by atoms with Crippen LogP contribution in [0, 0.1) is 11.2 Å². The van der Waals surface area contributed by atoms with E-state index < -0.39 is 20.7 Å². The maximum atomic E-state index is 13.8. The van der Waals surface area contributed by atoms with Crippen LogP contribution in [-0.4, -0.2) is 15.0 Å². The van der Waals surface area contributed by atoms with Crippen LogP contribution in [0.2, 0.25) is 0 Å². The van der Waals surface area contributed by atoms with E-state index in [0.29, 0.717) is 11.0 Å². The number of rotatable bonds is 6. The third-order valence-corrected chi connectivity index (χ3v) is 5.82. The summed E-state index contributed by atoms with van der Waals surface area (Å²) in [5.41, 5.74) is 5.89. The van der Waals surface area contributed by atoms with Gasteiger partial charge in [0.1, 0.15) is 10.7 Å². The molecule has 0 aliphatic heterocycles. The molecule has 1 aromatic rings. The van der Waals surface area contributed by atoms with Crippen LogP contribution in [0.25, 0.3) is 0 Å². The molecule has 3 N–H and O–H groups in total. The van der Waals surface area contributed by atoms with E-state index in [1.165, 1.54) is 0 Å². The summed E-state index contributed by atoms with van der Waals surface area (Å²) in [7, 11) is -3.87. The average Bonchev–Trinajstić information content (AvgIpc) is 3.12. The second-order valence-corrected chi connectivity index (χ2v) is 7.97. The maximum absolute atomic E-state index is 13.8. The smallest absolute Gasteiger partial charge is 0.243 e. The van der Waals surface area contributed by atoms with E-state index in [1.807, 2.05) is 0 Å². The zero-order valence-electron chi connectivity index (χ0n) is 11.2. The van der Waals surface area contributed by atoms with Gasteiger partial charge < -0.3 is 5.73 Å². The summed E-state index contributed by atoms with van der Waals surface area (Å²) in [5.74, 6) is -0.807. The first-order valence-electron chi connectivity index (χ1n) is 6.54. The Bertz CT molecular complexity index is 615. The highest BCUT2D eigenvalue weighted by Gasteiger charge is 2.42. The first kappa shape index (κ1) is 15.7. The van der Waals surface area contributed by atoms with E-state index in [2.05, 4.69) is 27.6 Å². The van der Waals surface area contributed by atoms with Gasteiger partial charge in [0.05, 0.1) is 0 Å². The third-order valence-electron chi connectivity index (χ3n) is 3.72. The molecule has 1 aromatic carbocycles. The molecule has 0 heterocycles. The number of benzene rings is 1. The van der Waals surface area contributed by atoms with Gasteiger partial charge in [-0.2, -0.15) is 0 Å². The molecule has 0 saturated heterocycles. The van der Waals surface area contributed by atoms with Gasteiger partial charge in [-0.05, 0) is 52.7 Å². The Hall–Kier alpha value is -0.660. The van der Waals surface area contributed by atoms with E-state index in [9.17, 15) is 12.8 Å². The zero-order valence-corrected chi connectivity index (χ0v) is 13.7. The van der Waals surface area contributed by atoms with Gasteiger partial charge in [0.2, 0.25) is 10.0 Å². The van der Waals surface area contributed by atoms with Crippen molar-refractivity contribution in [1.82, 2.24) is 4.72 Å². The molecule has 0 unspecified atom stereocenters. The molecule has 0 radical (unpaired) electrons. The SMILES string of the molecule is CCCC1(CNS(=O)(=O)c2cc(N)c(Br)cc2F)CC1. The summed E-state index contributed by atoms with van der Waals surface area (Å²) in [6.07, 6.45) is 4.05. The van der Waals surface area contributed by atoms with Crippen LogP contribution in [0.4, 0.5) is 10.1 Å². The van der Waals surface area contributed by atoms with Crippen LogP contribution in [0.5, 0.6) is 0 Å². The van der Waals surface area contributed by atoms with Gasteiger partial charge >= 0.3 is 0 Å². The van der Waals surface area contributed by atoms with Gasteiger partial charge in [-0.15, -0.1) is 0 Å². The molecule has 20 heavy (non-hydrogen) atoms. The molecule has 0 atom stereocenters. The van der Waals surface area contributed by atoms with E-state index in [1.54, 1.807) is 0 Å². The number of halogens is 2. The Labute approximate surface area is 127 Å². The van der Waals surface area contributed by atoms with Gasteiger partial charge in [-0.3, -0.25) is 0 Å². The summed E-state index contributed by atoms with van der Waals surface area (Å²) < 4.78 is 41.0. The number of nitrogens with one attached hydrogen (secondary N) is 1. The van der Waals surface area contributed by atoms with Crippen molar-refractivity contribution >= 4 is 31.6 Å². The van der Waals surface area contributed by atoms with E-state index >= 15 is 0 Å². The van der Waals surface area contributed by atoms with E-state index in [4.69, 9.17) is 5.73 Å². The quantitative estimate of drug-likeness (QED) is 0.762. The number of sulfonamides is 1. The van der Waals surface area contributed by atoms with Crippen molar-refractivity contribution in [2.75, 3.05) is 12.3 Å². The molecular weight excluding hydrogens is 347 g/mol. The van der Waals surface area contributed by atoms with Crippen molar-refractivity contribution in [3.63, 3.8) is 0 Å². The molecular formula is C13H18BrFN2O2S. The Kier molecular flexibility index (Phi) is 4.41. The van der Waals surface area contributed by atoms with Crippen LogP contribution in [0.3, 0.4) is 0 Å². The summed E-state index contributed by atoms with van der Waals surface area (Å²) >= 11 is 3.07. The maximum Gasteiger partial charge on any atom is 0.243 e. The van der Waals surface area contributed by atoms with Crippen LogP contribution in [-0.2, 0) is 10.0 Å². The van der Waals surface area contributed by atoms with Crippen molar-refractivity contribution in [3.8, 4) is 0 Å². The lowest BCUT2D eigenvalue weighted by atomic mass is 10.0. The lowest BCUT2D eigenvalue weighted by molar-refractivity contribution is 0.448. The summed E-state index contributed by atoms with van der Waals surface area (Å²) in [6, 6.07) is 2.21. The first-order valence-corrected chi connectivity index (χ1v) is 8.81. The second kappa shape index (κ2) is 5.61. The number of hydrogen-bond acceptors (Lipinski definition) is 3. The normalized spacial score (nSPS) is 17.1. The standard InChI is InChI=1S/C13H18BrFN2O2S/c1-2-3-13(4-5-13)8-17-20(18,19)12-7-11(16)9(14)6-10(12)15/h6-7,17H,2-5,8,16H2,1H3. The highest BCUT2D eigenvalue weighted by Crippen LogP contribution is 2.49. The molecule has 1 fully saturated rings. The van der Waals surface area contributed by atoms with Gasteiger partial charge in [0.25, 0.3) is 0 Å². The van der Waals surface area contributed by atoms with E-state index in [0.717, 1.165) is 37.8 Å². The second-order valence-electron chi connectivity index (χ2n) is 5.38. The highest BCUT2D eigenvalue weighted by atomic mass is 79.9. The van der Waals surface area contributed by atoms with Gasteiger partial charge in [-0.1, -0.05) is 13.3 Å². The predicted octanol–water partition coefficient (Wildman–Crippen LogP) is 3.03. The lowest BCUT2D eigenvalue weighted by Crippen LogP contribution is -2.31. The van der Waals surface area contributed by atoms with Gasteiger partial charge in [-0.25, -0.2) is 17.5 Å². The van der Waals surface area contributed by atoms with Crippen molar-refractivity contribution < 1.29 is 12.8 Å². The molecule has 2 rings (SSSR count). The molecule has 112 valence electrons. The Morgan fingerprint density at radius 1 is 1.45 bits per heavy atom. The zero-order chi connectivity index (χ0) is 15.0. The summed E-state index contributed by atoms with van der Waals surface area (Å²) in [4.78, 5) is -0.398. The molecule has 1 aliphatic rings. The fourth-order valence-electron chi connectivity index (χ4n) is 2.30. The first-order chi connectivity index (χ1) is 9.30. The fraction of sp³-hybridized carbons (Fsp3) is 0.538.